The monoisotopic (exact) mass is 357 g/mol. The van der Waals surface area contributed by atoms with E-state index in [1.807, 2.05) is 0 Å². The quantitative estimate of drug-likeness (QED) is 0.834. The lowest BCUT2D eigenvalue weighted by atomic mass is 10.1. The van der Waals surface area contributed by atoms with E-state index in [0.29, 0.717) is 17.8 Å². The number of rotatable bonds is 6. The highest BCUT2D eigenvalue weighted by Crippen LogP contribution is 2.27. The van der Waals surface area contributed by atoms with Gasteiger partial charge in [-0.3, -0.25) is 14.5 Å². The first-order valence-corrected chi connectivity index (χ1v) is 9.45. The molecule has 5 nitrogen and oxygen atoms in total. The van der Waals surface area contributed by atoms with Gasteiger partial charge in [-0.05, 0) is 55.6 Å². The fourth-order valence-corrected chi connectivity index (χ4v) is 4.04. The molecule has 1 aliphatic heterocycles. The molecule has 0 aliphatic carbocycles. The Balaban J connectivity index is 1.66. The largest absolute Gasteiger partial charge is 0.350 e. The standard InChI is InChI=1S/C19H23N3O2S/c1-14(23)21-16-7-4-6-15(12-16)19(24)20-13-17(18-8-5-11-25-18)22-9-2-3-10-22/h4-8,11-12,17H,2-3,9-10,13H2,1H3,(H,20,24)(H,21,23). The van der Waals surface area contributed by atoms with Gasteiger partial charge in [0.1, 0.15) is 0 Å². The van der Waals surface area contributed by atoms with Gasteiger partial charge in [0.2, 0.25) is 5.91 Å². The number of thiophene rings is 1. The summed E-state index contributed by atoms with van der Waals surface area (Å²) >= 11 is 1.73. The van der Waals surface area contributed by atoms with Gasteiger partial charge in [-0.2, -0.15) is 0 Å². The summed E-state index contributed by atoms with van der Waals surface area (Å²) in [7, 11) is 0. The van der Waals surface area contributed by atoms with E-state index in [0.717, 1.165) is 13.1 Å². The van der Waals surface area contributed by atoms with Crippen molar-refractivity contribution in [1.82, 2.24) is 10.2 Å². The smallest absolute Gasteiger partial charge is 0.251 e. The average molecular weight is 357 g/mol. The van der Waals surface area contributed by atoms with Crippen molar-refractivity contribution >= 4 is 28.8 Å². The van der Waals surface area contributed by atoms with Crippen molar-refractivity contribution in [3.05, 3.63) is 52.2 Å². The van der Waals surface area contributed by atoms with Crippen LogP contribution in [0.2, 0.25) is 0 Å². The lowest BCUT2D eigenvalue weighted by Crippen LogP contribution is -2.36. The predicted octanol–water partition coefficient (Wildman–Crippen LogP) is 3.27. The number of benzene rings is 1. The molecule has 2 N–H and O–H groups in total. The van der Waals surface area contributed by atoms with Crippen LogP contribution in [-0.4, -0.2) is 36.3 Å². The molecule has 1 saturated heterocycles. The predicted molar refractivity (Wildman–Crippen MR) is 101 cm³/mol. The minimum atomic E-state index is -0.149. The van der Waals surface area contributed by atoms with Gasteiger partial charge in [-0.1, -0.05) is 12.1 Å². The zero-order valence-corrected chi connectivity index (χ0v) is 15.1. The Bertz CT molecular complexity index is 724. The van der Waals surface area contributed by atoms with Crippen molar-refractivity contribution < 1.29 is 9.59 Å². The number of hydrogen-bond acceptors (Lipinski definition) is 4. The Kier molecular flexibility index (Phi) is 5.83. The van der Waals surface area contributed by atoms with E-state index < -0.39 is 0 Å². The van der Waals surface area contributed by atoms with E-state index in [2.05, 4.69) is 33.0 Å². The zero-order chi connectivity index (χ0) is 17.6. The molecular formula is C19H23N3O2S. The zero-order valence-electron chi connectivity index (χ0n) is 14.3. The summed E-state index contributed by atoms with van der Waals surface area (Å²) < 4.78 is 0. The fourth-order valence-electron chi connectivity index (χ4n) is 3.18. The minimum absolute atomic E-state index is 0.118. The third-order valence-corrected chi connectivity index (χ3v) is 5.33. The molecule has 0 bridgehead atoms. The van der Waals surface area contributed by atoms with E-state index in [9.17, 15) is 9.59 Å². The molecule has 0 saturated carbocycles. The van der Waals surface area contributed by atoms with Gasteiger partial charge in [0.05, 0.1) is 6.04 Å². The summed E-state index contributed by atoms with van der Waals surface area (Å²) in [5.41, 5.74) is 1.19. The minimum Gasteiger partial charge on any atom is -0.350 e. The Morgan fingerprint density at radius 3 is 2.68 bits per heavy atom. The van der Waals surface area contributed by atoms with Crippen molar-refractivity contribution in [2.24, 2.45) is 0 Å². The number of nitrogens with zero attached hydrogens (tertiary/aromatic N) is 1. The second-order valence-electron chi connectivity index (χ2n) is 6.25. The first-order valence-electron chi connectivity index (χ1n) is 8.57. The first kappa shape index (κ1) is 17.6. The molecule has 3 rings (SSSR count). The number of nitrogens with one attached hydrogen (secondary N) is 2. The SMILES string of the molecule is CC(=O)Nc1cccc(C(=O)NCC(c2cccs2)N2CCCC2)c1. The topological polar surface area (TPSA) is 61.4 Å². The van der Waals surface area contributed by atoms with Gasteiger partial charge in [0, 0.05) is 29.6 Å². The summed E-state index contributed by atoms with van der Waals surface area (Å²) in [6.07, 6.45) is 2.43. The molecule has 2 aromatic rings. The third-order valence-electron chi connectivity index (χ3n) is 4.35. The second kappa shape index (κ2) is 8.27. The van der Waals surface area contributed by atoms with Gasteiger partial charge in [0.15, 0.2) is 0 Å². The van der Waals surface area contributed by atoms with Crippen LogP contribution in [0.4, 0.5) is 5.69 Å². The van der Waals surface area contributed by atoms with Gasteiger partial charge >= 0.3 is 0 Å². The Morgan fingerprint density at radius 1 is 1.20 bits per heavy atom. The summed E-state index contributed by atoms with van der Waals surface area (Å²) in [6.45, 7) is 4.20. The fraction of sp³-hybridized carbons (Fsp3) is 0.368. The Labute approximate surface area is 152 Å². The van der Waals surface area contributed by atoms with Gasteiger partial charge in [-0.25, -0.2) is 0 Å². The molecule has 132 valence electrons. The van der Waals surface area contributed by atoms with Crippen LogP contribution >= 0.6 is 11.3 Å². The molecule has 0 radical (unpaired) electrons. The number of carbonyl (C=O) groups excluding carboxylic acids is 2. The number of likely N-dealkylation sites (tertiary alicyclic amines) is 1. The molecule has 0 spiro atoms. The van der Waals surface area contributed by atoms with Gasteiger partial charge in [-0.15, -0.1) is 11.3 Å². The molecule has 2 heterocycles. The summed E-state index contributed by atoms with van der Waals surface area (Å²) in [5, 5.41) is 7.85. The van der Waals surface area contributed by atoms with Crippen LogP contribution in [0, 0.1) is 0 Å². The van der Waals surface area contributed by atoms with Crippen molar-refractivity contribution in [3.8, 4) is 0 Å². The van der Waals surface area contributed by atoms with Crippen LogP contribution < -0.4 is 10.6 Å². The average Bonchev–Trinajstić information content (AvgIpc) is 3.29. The van der Waals surface area contributed by atoms with Crippen LogP contribution in [0.1, 0.15) is 41.0 Å². The Morgan fingerprint density at radius 2 is 2.00 bits per heavy atom. The molecule has 1 atom stereocenters. The molecule has 1 aliphatic rings. The van der Waals surface area contributed by atoms with Gasteiger partial charge in [0.25, 0.3) is 5.91 Å². The van der Waals surface area contributed by atoms with E-state index in [-0.39, 0.29) is 17.9 Å². The van der Waals surface area contributed by atoms with E-state index in [4.69, 9.17) is 0 Å². The van der Waals surface area contributed by atoms with Crippen LogP contribution in [0.15, 0.2) is 41.8 Å². The highest BCUT2D eigenvalue weighted by molar-refractivity contribution is 7.10. The van der Waals surface area contributed by atoms with Crippen LogP contribution in [0.3, 0.4) is 0 Å². The van der Waals surface area contributed by atoms with Crippen molar-refractivity contribution in [2.75, 3.05) is 25.0 Å². The van der Waals surface area contributed by atoms with Gasteiger partial charge < -0.3 is 10.6 Å². The molecular weight excluding hydrogens is 334 g/mol. The molecule has 1 aromatic heterocycles. The van der Waals surface area contributed by atoms with Crippen LogP contribution in [0.5, 0.6) is 0 Å². The molecule has 2 amide bonds. The third kappa shape index (κ3) is 4.67. The summed E-state index contributed by atoms with van der Waals surface area (Å²) in [6, 6.07) is 11.4. The Hall–Kier alpha value is -2.18. The molecule has 1 aromatic carbocycles. The van der Waals surface area contributed by atoms with Crippen molar-refractivity contribution in [2.45, 2.75) is 25.8 Å². The molecule has 25 heavy (non-hydrogen) atoms. The second-order valence-corrected chi connectivity index (χ2v) is 7.23. The van der Waals surface area contributed by atoms with Crippen LogP contribution in [0.25, 0.3) is 0 Å². The lowest BCUT2D eigenvalue weighted by Gasteiger charge is -2.27. The first-order chi connectivity index (χ1) is 12.1. The number of anilines is 1. The molecule has 1 fully saturated rings. The molecule has 6 heteroatoms. The normalized spacial score (nSPS) is 15.7. The highest BCUT2D eigenvalue weighted by atomic mass is 32.1. The maximum atomic E-state index is 12.5. The maximum Gasteiger partial charge on any atom is 0.251 e. The summed E-state index contributed by atoms with van der Waals surface area (Å²) in [4.78, 5) is 27.4. The van der Waals surface area contributed by atoms with E-state index >= 15 is 0 Å². The van der Waals surface area contributed by atoms with Crippen LogP contribution in [-0.2, 0) is 4.79 Å². The molecule has 1 unspecified atom stereocenters. The highest BCUT2D eigenvalue weighted by Gasteiger charge is 2.24. The van der Waals surface area contributed by atoms with E-state index in [1.165, 1.54) is 24.6 Å². The lowest BCUT2D eigenvalue weighted by molar-refractivity contribution is -0.114. The van der Waals surface area contributed by atoms with Crippen molar-refractivity contribution in [1.29, 1.82) is 0 Å². The van der Waals surface area contributed by atoms with E-state index in [1.54, 1.807) is 35.6 Å². The number of hydrogen-bond donors (Lipinski definition) is 2. The van der Waals surface area contributed by atoms with Crippen molar-refractivity contribution in [3.63, 3.8) is 0 Å². The number of amides is 2. The summed E-state index contributed by atoms with van der Waals surface area (Å²) in [5.74, 6) is -0.266. The number of carbonyl (C=O) groups is 2. The maximum absolute atomic E-state index is 12.5.